The molecule has 1 unspecified atom stereocenters. The van der Waals surface area contributed by atoms with Crippen LogP contribution in [0.2, 0.25) is 0 Å². The van der Waals surface area contributed by atoms with Crippen molar-refractivity contribution in [3.05, 3.63) is 82.9 Å². The highest BCUT2D eigenvalue weighted by molar-refractivity contribution is 5.93. The van der Waals surface area contributed by atoms with E-state index in [9.17, 15) is 23.2 Å². The molecule has 1 aliphatic rings. The van der Waals surface area contributed by atoms with Gasteiger partial charge in [0.2, 0.25) is 11.6 Å². The van der Waals surface area contributed by atoms with Crippen molar-refractivity contribution < 1.29 is 27.4 Å². The van der Waals surface area contributed by atoms with Crippen LogP contribution < -0.4 is 5.73 Å². The first-order valence-corrected chi connectivity index (χ1v) is 8.99. The molecule has 0 aliphatic carbocycles. The lowest BCUT2D eigenvalue weighted by molar-refractivity contribution is -0.145. The van der Waals surface area contributed by atoms with Crippen molar-refractivity contribution in [1.29, 1.82) is 5.26 Å². The lowest BCUT2D eigenvalue weighted by Gasteiger charge is -2.28. The fourth-order valence-electron chi connectivity index (χ4n) is 3.22. The van der Waals surface area contributed by atoms with Crippen molar-refractivity contribution in [2.24, 2.45) is 5.73 Å². The molecule has 2 aromatic carbocycles. The van der Waals surface area contributed by atoms with Crippen molar-refractivity contribution in [2.75, 3.05) is 6.61 Å². The summed E-state index contributed by atoms with van der Waals surface area (Å²) >= 11 is 0. The molecule has 0 amide bonds. The van der Waals surface area contributed by atoms with Crippen LogP contribution in [-0.2, 0) is 14.3 Å². The molecular formula is C22H17F3N2O3. The summed E-state index contributed by atoms with van der Waals surface area (Å²) in [6.07, 6.45) is -5.00. The van der Waals surface area contributed by atoms with E-state index in [-0.39, 0.29) is 17.7 Å². The number of nitrogens with two attached hydrogens (primary N) is 1. The summed E-state index contributed by atoms with van der Waals surface area (Å²) in [6, 6.07) is 17.6. The van der Waals surface area contributed by atoms with Crippen LogP contribution >= 0.6 is 0 Å². The third-order valence-electron chi connectivity index (χ3n) is 4.52. The first kappa shape index (κ1) is 21.0. The number of nitriles is 1. The van der Waals surface area contributed by atoms with Crippen LogP contribution in [0.25, 0.3) is 11.1 Å². The van der Waals surface area contributed by atoms with Crippen molar-refractivity contribution >= 4 is 5.97 Å². The van der Waals surface area contributed by atoms with Gasteiger partial charge in [-0.3, -0.25) is 0 Å². The van der Waals surface area contributed by atoms with Crippen LogP contribution in [0.15, 0.2) is 77.4 Å². The van der Waals surface area contributed by atoms with E-state index in [0.29, 0.717) is 0 Å². The zero-order valence-corrected chi connectivity index (χ0v) is 15.9. The average molecular weight is 414 g/mol. The molecule has 1 aliphatic heterocycles. The number of rotatable bonds is 4. The Labute approximate surface area is 170 Å². The smallest absolute Gasteiger partial charge is 0.450 e. The topological polar surface area (TPSA) is 85.3 Å². The molecule has 30 heavy (non-hydrogen) atoms. The number of benzene rings is 2. The molecular weight excluding hydrogens is 397 g/mol. The molecule has 0 radical (unpaired) electrons. The average Bonchev–Trinajstić information content (AvgIpc) is 2.73. The van der Waals surface area contributed by atoms with Crippen LogP contribution in [0, 0.1) is 11.3 Å². The second-order valence-electron chi connectivity index (χ2n) is 6.37. The number of alkyl halides is 3. The third-order valence-corrected chi connectivity index (χ3v) is 4.52. The minimum absolute atomic E-state index is 0.145. The highest BCUT2D eigenvalue weighted by atomic mass is 19.4. The molecule has 0 saturated heterocycles. The maximum absolute atomic E-state index is 13.6. The highest BCUT2D eigenvalue weighted by Crippen LogP contribution is 2.44. The predicted octanol–water partition coefficient (Wildman–Crippen LogP) is 4.54. The van der Waals surface area contributed by atoms with Gasteiger partial charge in [0.05, 0.1) is 18.1 Å². The molecule has 0 bridgehead atoms. The van der Waals surface area contributed by atoms with Gasteiger partial charge in [-0.1, -0.05) is 54.6 Å². The number of carbonyl (C=O) groups is 1. The van der Waals surface area contributed by atoms with Crippen molar-refractivity contribution in [3.8, 4) is 17.2 Å². The molecule has 2 N–H and O–H groups in total. The Morgan fingerprint density at radius 1 is 1.13 bits per heavy atom. The van der Waals surface area contributed by atoms with E-state index in [0.717, 1.165) is 11.1 Å². The summed E-state index contributed by atoms with van der Waals surface area (Å²) in [4.78, 5) is 12.5. The van der Waals surface area contributed by atoms with E-state index in [4.69, 9.17) is 10.5 Å². The Bertz CT molecular complexity index is 1050. The Kier molecular flexibility index (Phi) is 5.83. The Hall–Kier alpha value is -3.73. The van der Waals surface area contributed by atoms with Crippen molar-refractivity contribution in [1.82, 2.24) is 0 Å². The summed E-state index contributed by atoms with van der Waals surface area (Å²) in [5.74, 6) is -4.86. The van der Waals surface area contributed by atoms with Gasteiger partial charge in [-0.05, 0) is 23.6 Å². The van der Waals surface area contributed by atoms with Gasteiger partial charge in [-0.25, -0.2) is 4.79 Å². The van der Waals surface area contributed by atoms with Crippen molar-refractivity contribution in [3.63, 3.8) is 0 Å². The first-order chi connectivity index (χ1) is 14.3. The van der Waals surface area contributed by atoms with E-state index >= 15 is 0 Å². The second kappa shape index (κ2) is 8.33. The summed E-state index contributed by atoms with van der Waals surface area (Å²) in [5.41, 5.74) is 6.52. The lowest BCUT2D eigenvalue weighted by Crippen LogP contribution is -2.31. The molecule has 0 spiro atoms. The van der Waals surface area contributed by atoms with Gasteiger partial charge in [0, 0.05) is 0 Å². The van der Waals surface area contributed by atoms with Crippen LogP contribution in [0.5, 0.6) is 0 Å². The monoisotopic (exact) mass is 414 g/mol. The molecule has 5 nitrogen and oxygen atoms in total. The van der Waals surface area contributed by atoms with Gasteiger partial charge in [0.1, 0.15) is 11.6 Å². The molecule has 1 atom stereocenters. The number of hydrogen-bond acceptors (Lipinski definition) is 5. The van der Waals surface area contributed by atoms with Crippen LogP contribution in [-0.4, -0.2) is 18.8 Å². The molecule has 1 heterocycles. The SMILES string of the molecule is CCOC(=O)C1=C(C(F)(F)F)OC(N)=C(C#N)C1c1ccc(-c2ccccc2)cc1. The normalized spacial score (nSPS) is 16.7. The number of ether oxygens (including phenoxy) is 2. The summed E-state index contributed by atoms with van der Waals surface area (Å²) < 4.78 is 50.4. The maximum Gasteiger partial charge on any atom is 0.450 e. The largest absolute Gasteiger partial charge is 0.463 e. The van der Waals surface area contributed by atoms with Crippen LogP contribution in [0.4, 0.5) is 13.2 Å². The number of hydrogen-bond donors (Lipinski definition) is 1. The summed E-state index contributed by atoms with van der Waals surface area (Å²) in [5, 5.41) is 9.52. The molecule has 2 aromatic rings. The molecule has 154 valence electrons. The summed E-state index contributed by atoms with van der Waals surface area (Å²) in [6.45, 7) is 1.32. The Balaban J connectivity index is 2.16. The second-order valence-corrected chi connectivity index (χ2v) is 6.37. The van der Waals surface area contributed by atoms with E-state index in [1.54, 1.807) is 30.3 Å². The van der Waals surface area contributed by atoms with Gasteiger partial charge >= 0.3 is 12.1 Å². The predicted molar refractivity (Wildman–Crippen MR) is 102 cm³/mol. The minimum Gasteiger partial charge on any atom is -0.463 e. The van der Waals surface area contributed by atoms with Gasteiger partial charge in [0.25, 0.3) is 0 Å². The van der Waals surface area contributed by atoms with Gasteiger partial charge in [-0.2, -0.15) is 18.4 Å². The maximum atomic E-state index is 13.6. The number of esters is 1. The lowest BCUT2D eigenvalue weighted by atomic mass is 9.82. The van der Waals surface area contributed by atoms with Crippen LogP contribution in [0.3, 0.4) is 0 Å². The van der Waals surface area contributed by atoms with Gasteiger partial charge in [-0.15, -0.1) is 0 Å². The fraction of sp³-hybridized carbons (Fsp3) is 0.182. The quantitative estimate of drug-likeness (QED) is 0.743. The standard InChI is InChI=1S/C22H17F3N2O3/c1-2-29-21(28)18-17(16(12-26)20(27)30-19(18)22(23,24)25)15-10-8-14(9-11-15)13-6-4-3-5-7-13/h3-11,17H,2,27H2,1H3. The zero-order valence-electron chi connectivity index (χ0n) is 15.9. The number of allylic oxidation sites excluding steroid dienone is 2. The van der Waals surface area contributed by atoms with E-state index in [2.05, 4.69) is 4.74 Å². The first-order valence-electron chi connectivity index (χ1n) is 8.99. The Morgan fingerprint density at radius 2 is 1.73 bits per heavy atom. The van der Waals surface area contributed by atoms with Gasteiger partial charge in [0.15, 0.2) is 0 Å². The zero-order chi connectivity index (χ0) is 21.9. The molecule has 8 heteroatoms. The molecule has 0 saturated carbocycles. The fourth-order valence-corrected chi connectivity index (χ4v) is 3.22. The van der Waals surface area contributed by atoms with E-state index in [1.165, 1.54) is 6.92 Å². The van der Waals surface area contributed by atoms with Crippen molar-refractivity contribution in [2.45, 2.75) is 19.0 Å². The third kappa shape index (κ3) is 4.01. The number of nitrogens with zero attached hydrogens (tertiary/aromatic N) is 1. The molecule has 3 rings (SSSR count). The van der Waals surface area contributed by atoms with E-state index in [1.807, 2.05) is 30.3 Å². The number of halogens is 3. The van der Waals surface area contributed by atoms with E-state index < -0.39 is 35.3 Å². The molecule has 0 fully saturated rings. The summed E-state index contributed by atoms with van der Waals surface area (Å²) in [7, 11) is 0. The Morgan fingerprint density at radius 3 is 2.27 bits per heavy atom. The minimum atomic E-state index is -5.00. The van der Waals surface area contributed by atoms with Gasteiger partial charge < -0.3 is 15.2 Å². The number of carbonyl (C=O) groups excluding carboxylic acids is 1. The molecule has 0 aromatic heterocycles. The highest BCUT2D eigenvalue weighted by Gasteiger charge is 2.48. The van der Waals surface area contributed by atoms with Crippen LogP contribution in [0.1, 0.15) is 18.4 Å².